The zero-order valence-corrected chi connectivity index (χ0v) is 47.6. The number of ether oxygens (including phenoxy) is 4. The van der Waals surface area contributed by atoms with Gasteiger partial charge in [-0.1, -0.05) is 48.5 Å². The van der Waals surface area contributed by atoms with E-state index in [9.17, 15) is 39.6 Å². The van der Waals surface area contributed by atoms with Crippen molar-refractivity contribution in [3.63, 3.8) is 0 Å². The summed E-state index contributed by atoms with van der Waals surface area (Å²) in [7, 11) is 0. The number of likely N-dealkylation sites (tertiary alicyclic amines) is 4. The smallest absolute Gasteiger partial charge is 0.309 e. The lowest BCUT2D eigenvalue weighted by atomic mass is 9.88. The highest BCUT2D eigenvalue weighted by atomic mass is 16.5. The molecule has 4 saturated heterocycles. The molecule has 80 heavy (non-hydrogen) atoms. The second-order valence-electron chi connectivity index (χ2n) is 23.0. The molecule has 4 aromatic carbocycles. The first-order chi connectivity index (χ1) is 38.7. The molecule has 0 spiro atoms. The number of rotatable bonds is 16. The molecule has 0 aromatic heterocycles. The first kappa shape index (κ1) is 58.5. The van der Waals surface area contributed by atoms with Crippen molar-refractivity contribution in [1.82, 2.24) is 19.6 Å². The van der Waals surface area contributed by atoms with Crippen molar-refractivity contribution in [2.24, 2.45) is 23.7 Å². The predicted octanol–water partition coefficient (Wildman–Crippen LogP) is 8.29. The number of benzene rings is 4. The summed E-state index contributed by atoms with van der Waals surface area (Å²) in [6.45, 7) is 16.5. The first-order valence-electron chi connectivity index (χ1n) is 29.6. The van der Waals surface area contributed by atoms with E-state index in [0.717, 1.165) is 22.3 Å². The summed E-state index contributed by atoms with van der Waals surface area (Å²) in [6.07, 6.45) is 6.19. The molecule has 4 heterocycles. The molecule has 0 radical (unpaired) electrons. The van der Waals surface area contributed by atoms with Gasteiger partial charge in [-0.2, -0.15) is 0 Å². The number of hydrogen-bond donors (Lipinski definition) is 4. The third-order valence-corrected chi connectivity index (χ3v) is 17.3. The predicted molar refractivity (Wildman–Crippen MR) is 302 cm³/mol. The van der Waals surface area contributed by atoms with E-state index >= 15 is 0 Å². The number of carbonyl (C=O) groups is 4. The molecule has 4 N–H and O–H groups in total. The fraction of sp³-hybridized carbons (Fsp3) is 0.562. The van der Waals surface area contributed by atoms with Gasteiger partial charge in [-0.25, -0.2) is 0 Å². The summed E-state index contributed by atoms with van der Waals surface area (Å²) in [5.41, 5.74) is 8.83. The molecular weight excluding hydrogens is 1020 g/mol. The zero-order valence-electron chi connectivity index (χ0n) is 47.6. The van der Waals surface area contributed by atoms with Crippen LogP contribution in [0.2, 0.25) is 0 Å². The molecule has 16 heteroatoms. The van der Waals surface area contributed by atoms with Gasteiger partial charge in [-0.3, -0.25) is 38.8 Å². The number of hydrogen-bond acceptors (Lipinski definition) is 16. The van der Waals surface area contributed by atoms with Crippen LogP contribution in [0.5, 0.6) is 23.0 Å². The Bertz CT molecular complexity index is 2360. The third-order valence-electron chi connectivity index (χ3n) is 17.3. The molecule has 0 saturated carbocycles. The quantitative estimate of drug-likeness (QED) is 0.0543. The number of piperidine rings is 4. The van der Waals surface area contributed by atoms with Crippen molar-refractivity contribution in [3.8, 4) is 23.0 Å². The van der Waals surface area contributed by atoms with E-state index < -0.39 is 0 Å². The van der Waals surface area contributed by atoms with Crippen LogP contribution in [0.15, 0.2) is 48.5 Å². The van der Waals surface area contributed by atoms with Gasteiger partial charge < -0.3 is 39.4 Å². The monoisotopic (exact) mass is 1100 g/mol. The van der Waals surface area contributed by atoms with Crippen LogP contribution in [0.4, 0.5) is 0 Å². The molecule has 4 fully saturated rings. The van der Waals surface area contributed by atoms with E-state index in [4.69, 9.17) is 18.9 Å². The Hall–Kier alpha value is -6.20. The molecule has 1 aliphatic carbocycles. The van der Waals surface area contributed by atoms with E-state index in [1.807, 2.05) is 76.2 Å². The van der Waals surface area contributed by atoms with Crippen LogP contribution >= 0.6 is 0 Å². The molecule has 8 bridgehead atoms. The van der Waals surface area contributed by atoms with Gasteiger partial charge in [-0.05, 0) is 198 Å². The van der Waals surface area contributed by atoms with Crippen LogP contribution in [-0.2, 0) is 90.0 Å². The Balaban J connectivity index is 1.11. The molecule has 432 valence electrons. The number of fused-ring (bicyclic) bond motifs is 8. The number of nitrogens with zero attached hydrogens (tertiary/aromatic N) is 4. The Morgan fingerprint density at radius 3 is 0.650 bits per heavy atom. The minimum absolute atomic E-state index is 0.0837. The summed E-state index contributed by atoms with van der Waals surface area (Å²) in [5, 5.41) is 50.2. The van der Waals surface area contributed by atoms with Crippen LogP contribution < -0.4 is 0 Å². The van der Waals surface area contributed by atoms with Crippen LogP contribution in [-0.4, -0.2) is 143 Å². The van der Waals surface area contributed by atoms with E-state index in [2.05, 4.69) is 19.6 Å². The summed E-state index contributed by atoms with van der Waals surface area (Å²) >= 11 is 0. The van der Waals surface area contributed by atoms with Gasteiger partial charge in [0.15, 0.2) is 0 Å². The Labute approximate surface area is 471 Å². The second kappa shape index (κ2) is 27.0. The summed E-state index contributed by atoms with van der Waals surface area (Å²) in [5.74, 6) is -0.884. The van der Waals surface area contributed by atoms with Gasteiger partial charge >= 0.3 is 23.9 Å². The maximum absolute atomic E-state index is 12.7. The largest absolute Gasteiger partial charge is 0.507 e. The van der Waals surface area contributed by atoms with Crippen LogP contribution in [0, 0.1) is 23.7 Å². The highest BCUT2D eigenvalue weighted by molar-refractivity contribution is 5.74. The average Bonchev–Trinajstić information content (AvgIpc) is 3.44. The Kier molecular flexibility index (Phi) is 19.8. The summed E-state index contributed by atoms with van der Waals surface area (Å²) in [6, 6.07) is 16.1. The third kappa shape index (κ3) is 14.5. The second-order valence-corrected chi connectivity index (χ2v) is 23.0. The maximum Gasteiger partial charge on any atom is 0.309 e. The SMILES string of the molecule is CCOC(=O)C1CCN(Cc2cc3c(O)c(c2)Cc2cc(CN4CCC(C(=O)OCC)CC4)cc(c2O)Cc2cc(CN4CCC(C(=O)OCC)CC4)cc(c2O)Cc2cc(CN4CCC(C(=O)OCC)CC4)cc(c2O)C3)CC1. The molecule has 0 atom stereocenters. The highest BCUT2D eigenvalue weighted by Crippen LogP contribution is 2.41. The highest BCUT2D eigenvalue weighted by Gasteiger charge is 2.32. The van der Waals surface area contributed by atoms with Crippen LogP contribution in [0.1, 0.15) is 146 Å². The molecule has 0 unspecified atom stereocenters. The lowest BCUT2D eigenvalue weighted by Crippen LogP contribution is -2.36. The zero-order chi connectivity index (χ0) is 56.5. The fourth-order valence-corrected chi connectivity index (χ4v) is 13.0. The lowest BCUT2D eigenvalue weighted by Gasteiger charge is -2.31. The Morgan fingerprint density at radius 1 is 0.338 bits per heavy atom. The van der Waals surface area contributed by atoms with Gasteiger partial charge in [0.25, 0.3) is 0 Å². The molecule has 4 aromatic rings. The van der Waals surface area contributed by atoms with Crippen molar-refractivity contribution >= 4 is 23.9 Å². The van der Waals surface area contributed by atoms with Gasteiger partial charge in [0.05, 0.1) is 50.1 Å². The van der Waals surface area contributed by atoms with Gasteiger partial charge in [0.1, 0.15) is 23.0 Å². The lowest BCUT2D eigenvalue weighted by molar-refractivity contribution is -0.150. The number of phenols is 4. The van der Waals surface area contributed by atoms with Crippen LogP contribution in [0.3, 0.4) is 0 Å². The number of esters is 4. The Morgan fingerprint density at radius 2 is 0.500 bits per heavy atom. The first-order valence-corrected chi connectivity index (χ1v) is 29.6. The molecule has 0 amide bonds. The summed E-state index contributed by atoms with van der Waals surface area (Å²) < 4.78 is 21.5. The molecule has 9 rings (SSSR count). The van der Waals surface area contributed by atoms with Gasteiger partial charge in [0, 0.05) is 51.9 Å². The number of phenolic OH excluding ortho intramolecular Hbond substituents is 4. The molecule has 16 nitrogen and oxygen atoms in total. The molecular formula is C64H84N4O12. The van der Waals surface area contributed by atoms with E-state index in [0.29, 0.717) is 201 Å². The fourth-order valence-electron chi connectivity index (χ4n) is 13.0. The minimum atomic E-state index is -0.154. The standard InChI is InChI=1S/C64H84N4O12/c1-5-77-61(73)45-9-17-65(18-10-45)37-41-25-49-33-51-27-42(38-66-19-11-46(12-20-66)62(74)78-6-2)29-53(58(51)70)35-55-31-44(40-68-23-15-48(16-24-68)64(76)80-8-4)32-56(60(55)72)36-54-30-43(28-52(59(54)71)34-50(26-41)57(49)69)39-67-21-13-47(14-22-67)63(75)79-7-3/h25-32,45-48,69-72H,5-24,33-40H2,1-4H3. The van der Waals surface area contributed by atoms with Crippen molar-refractivity contribution in [1.29, 1.82) is 0 Å². The van der Waals surface area contributed by atoms with E-state index in [1.165, 1.54) is 0 Å². The molecule has 4 aliphatic heterocycles. The van der Waals surface area contributed by atoms with Gasteiger partial charge in [0.2, 0.25) is 0 Å². The van der Waals surface area contributed by atoms with Crippen LogP contribution in [0.25, 0.3) is 0 Å². The van der Waals surface area contributed by atoms with Gasteiger partial charge in [-0.15, -0.1) is 0 Å². The van der Waals surface area contributed by atoms with Crippen molar-refractivity contribution in [2.75, 3.05) is 78.8 Å². The average molecular weight is 1100 g/mol. The van der Waals surface area contributed by atoms with E-state index in [1.54, 1.807) is 0 Å². The maximum atomic E-state index is 12.7. The normalized spacial score (nSPS) is 18.6. The van der Waals surface area contributed by atoms with Crippen molar-refractivity contribution in [3.05, 3.63) is 115 Å². The minimum Gasteiger partial charge on any atom is -0.507 e. The number of aromatic hydroxyl groups is 4. The topological polar surface area (TPSA) is 199 Å². The number of carbonyl (C=O) groups excluding carboxylic acids is 4. The van der Waals surface area contributed by atoms with Crippen molar-refractivity contribution in [2.45, 2.75) is 131 Å². The van der Waals surface area contributed by atoms with Crippen molar-refractivity contribution < 1.29 is 58.6 Å². The van der Waals surface area contributed by atoms with E-state index in [-0.39, 0.29) is 96.2 Å². The summed E-state index contributed by atoms with van der Waals surface area (Å²) in [4.78, 5) is 60.2. The molecule has 5 aliphatic rings.